The van der Waals surface area contributed by atoms with Crippen molar-refractivity contribution in [2.45, 2.75) is 26.8 Å². The van der Waals surface area contributed by atoms with E-state index < -0.39 is 0 Å². The van der Waals surface area contributed by atoms with Crippen LogP contribution in [0.3, 0.4) is 0 Å². The van der Waals surface area contributed by atoms with E-state index in [9.17, 15) is 0 Å². The Morgan fingerprint density at radius 1 is 1.00 bits per heavy atom. The Morgan fingerprint density at radius 3 is 2.27 bits per heavy atom. The summed E-state index contributed by atoms with van der Waals surface area (Å²) in [5.74, 6) is 2.68. The molecule has 2 aromatic carbocycles. The van der Waals surface area contributed by atoms with Gasteiger partial charge >= 0.3 is 0 Å². The van der Waals surface area contributed by atoms with Gasteiger partial charge in [-0.15, -0.1) is 0 Å². The summed E-state index contributed by atoms with van der Waals surface area (Å²) in [4.78, 5) is 5.64. The second-order valence-electron chi connectivity index (χ2n) is 7.68. The second kappa shape index (κ2) is 11.1. The number of rotatable bonds is 10. The standard InChI is InChI=1S/C25H33N3O4S/c1-7-26-25(33)28(15-17-12-22(30-4)24(32-6)23(13-17)31-5)11-10-19-16(2)27-21-9-8-18(29-3)14-20(19)21/h8-9,12-14,27H,7,10-11,15H2,1-6H3,(H,26,33). The molecule has 1 aromatic heterocycles. The summed E-state index contributed by atoms with van der Waals surface area (Å²) in [5, 5.41) is 5.17. The number of aryl methyl sites for hydroxylation is 1. The number of aromatic nitrogens is 1. The maximum Gasteiger partial charge on any atom is 0.203 e. The number of nitrogens with one attached hydrogen (secondary N) is 2. The second-order valence-corrected chi connectivity index (χ2v) is 8.07. The summed E-state index contributed by atoms with van der Waals surface area (Å²) in [6.07, 6.45) is 0.828. The summed E-state index contributed by atoms with van der Waals surface area (Å²) in [5.41, 5.74) is 4.54. The molecule has 0 radical (unpaired) electrons. The molecule has 2 N–H and O–H groups in total. The molecule has 3 aromatic rings. The Bertz CT molecular complexity index is 1090. The van der Waals surface area contributed by atoms with Gasteiger partial charge < -0.3 is 34.1 Å². The van der Waals surface area contributed by atoms with E-state index in [0.717, 1.165) is 42.0 Å². The van der Waals surface area contributed by atoms with E-state index in [0.29, 0.717) is 28.9 Å². The molecule has 1 heterocycles. The first kappa shape index (κ1) is 24.5. The quantitative estimate of drug-likeness (QED) is 0.424. The van der Waals surface area contributed by atoms with Crippen molar-refractivity contribution < 1.29 is 18.9 Å². The van der Waals surface area contributed by atoms with Crippen LogP contribution < -0.4 is 24.3 Å². The lowest BCUT2D eigenvalue weighted by atomic mass is 10.1. The molecule has 0 amide bonds. The Kier molecular flexibility index (Phi) is 8.27. The number of hydrogen-bond acceptors (Lipinski definition) is 5. The molecular weight excluding hydrogens is 438 g/mol. The molecular formula is C25H33N3O4S. The highest BCUT2D eigenvalue weighted by Gasteiger charge is 2.18. The van der Waals surface area contributed by atoms with Crippen molar-refractivity contribution in [2.75, 3.05) is 41.5 Å². The minimum atomic E-state index is 0.577. The molecule has 7 nitrogen and oxygen atoms in total. The summed E-state index contributed by atoms with van der Waals surface area (Å²) < 4.78 is 21.9. The van der Waals surface area contributed by atoms with Crippen molar-refractivity contribution in [3.63, 3.8) is 0 Å². The molecule has 0 aliphatic rings. The van der Waals surface area contributed by atoms with Gasteiger partial charge in [-0.05, 0) is 73.9 Å². The number of thiocarbonyl (C=S) groups is 1. The lowest BCUT2D eigenvalue weighted by molar-refractivity contribution is 0.322. The minimum absolute atomic E-state index is 0.577. The number of hydrogen-bond donors (Lipinski definition) is 2. The summed E-state index contributed by atoms with van der Waals surface area (Å²) in [6, 6.07) is 10.0. The molecule has 33 heavy (non-hydrogen) atoms. The number of ether oxygens (including phenoxy) is 4. The summed E-state index contributed by atoms with van der Waals surface area (Å²) in [6.45, 7) is 6.25. The Labute approximate surface area is 201 Å². The van der Waals surface area contributed by atoms with Crippen LogP contribution in [0, 0.1) is 6.92 Å². The topological polar surface area (TPSA) is 68.0 Å². The van der Waals surface area contributed by atoms with Crippen LogP contribution >= 0.6 is 12.2 Å². The molecule has 0 aliphatic carbocycles. The van der Waals surface area contributed by atoms with Gasteiger partial charge in [-0.1, -0.05) is 0 Å². The first-order valence-corrected chi connectivity index (χ1v) is 11.3. The largest absolute Gasteiger partial charge is 0.497 e. The average molecular weight is 472 g/mol. The number of fused-ring (bicyclic) bond motifs is 1. The molecule has 178 valence electrons. The fourth-order valence-electron chi connectivity index (χ4n) is 4.02. The minimum Gasteiger partial charge on any atom is -0.497 e. The van der Waals surface area contributed by atoms with Gasteiger partial charge in [-0.2, -0.15) is 0 Å². The van der Waals surface area contributed by atoms with E-state index in [1.165, 1.54) is 10.9 Å². The van der Waals surface area contributed by atoms with Crippen LogP contribution in [0.4, 0.5) is 0 Å². The van der Waals surface area contributed by atoms with Crippen molar-refractivity contribution in [3.8, 4) is 23.0 Å². The molecule has 8 heteroatoms. The predicted molar refractivity (Wildman–Crippen MR) is 136 cm³/mol. The molecule has 0 saturated heterocycles. The first-order chi connectivity index (χ1) is 15.9. The lowest BCUT2D eigenvalue weighted by Gasteiger charge is -2.26. The van der Waals surface area contributed by atoms with E-state index in [2.05, 4.69) is 34.3 Å². The molecule has 0 unspecified atom stereocenters. The fourth-order valence-corrected chi connectivity index (χ4v) is 4.32. The van der Waals surface area contributed by atoms with Gasteiger partial charge in [0, 0.05) is 36.2 Å². The van der Waals surface area contributed by atoms with Gasteiger partial charge in [-0.25, -0.2) is 0 Å². The maximum atomic E-state index is 5.71. The highest BCUT2D eigenvalue weighted by atomic mass is 32.1. The Balaban J connectivity index is 1.88. The number of nitrogens with zero attached hydrogens (tertiary/aromatic N) is 1. The molecule has 0 aliphatic heterocycles. The van der Waals surface area contributed by atoms with Crippen LogP contribution in [-0.2, 0) is 13.0 Å². The van der Waals surface area contributed by atoms with Crippen molar-refractivity contribution in [3.05, 3.63) is 47.2 Å². The number of benzene rings is 2. The van der Waals surface area contributed by atoms with E-state index in [-0.39, 0.29) is 0 Å². The number of methoxy groups -OCH3 is 4. The van der Waals surface area contributed by atoms with Crippen LogP contribution in [0.15, 0.2) is 30.3 Å². The van der Waals surface area contributed by atoms with E-state index >= 15 is 0 Å². The number of H-pyrrole nitrogens is 1. The normalized spacial score (nSPS) is 10.7. The highest BCUT2D eigenvalue weighted by molar-refractivity contribution is 7.80. The van der Waals surface area contributed by atoms with Crippen LogP contribution in [0.2, 0.25) is 0 Å². The molecule has 0 atom stereocenters. The smallest absolute Gasteiger partial charge is 0.203 e. The Morgan fingerprint density at radius 2 is 1.70 bits per heavy atom. The van der Waals surface area contributed by atoms with Crippen molar-refractivity contribution >= 4 is 28.2 Å². The van der Waals surface area contributed by atoms with Crippen LogP contribution in [0.25, 0.3) is 10.9 Å². The van der Waals surface area contributed by atoms with Gasteiger partial charge in [0.15, 0.2) is 16.6 Å². The zero-order valence-electron chi connectivity index (χ0n) is 20.2. The molecule has 0 saturated carbocycles. The van der Waals surface area contributed by atoms with E-state index in [4.69, 9.17) is 31.2 Å². The van der Waals surface area contributed by atoms with Crippen molar-refractivity contribution in [1.82, 2.24) is 15.2 Å². The van der Waals surface area contributed by atoms with Gasteiger partial charge in [-0.3, -0.25) is 0 Å². The number of aromatic amines is 1. The monoisotopic (exact) mass is 471 g/mol. The van der Waals surface area contributed by atoms with Crippen molar-refractivity contribution in [2.24, 2.45) is 0 Å². The molecule has 0 bridgehead atoms. The third-order valence-electron chi connectivity index (χ3n) is 5.67. The average Bonchev–Trinajstić information content (AvgIpc) is 3.14. The van der Waals surface area contributed by atoms with Crippen LogP contribution in [0.5, 0.6) is 23.0 Å². The van der Waals surface area contributed by atoms with Crippen molar-refractivity contribution in [1.29, 1.82) is 0 Å². The molecule has 0 spiro atoms. The Hall–Kier alpha value is -3.13. The molecule has 3 rings (SSSR count). The van der Waals surface area contributed by atoms with Crippen LogP contribution in [0.1, 0.15) is 23.7 Å². The predicted octanol–water partition coefficient (Wildman–Crippen LogP) is 4.45. The van der Waals surface area contributed by atoms with Gasteiger partial charge in [0.2, 0.25) is 5.75 Å². The molecule has 0 fully saturated rings. The first-order valence-electron chi connectivity index (χ1n) is 10.9. The third-order valence-corrected chi connectivity index (χ3v) is 6.07. The zero-order chi connectivity index (χ0) is 24.0. The lowest BCUT2D eigenvalue weighted by Crippen LogP contribution is -2.40. The summed E-state index contributed by atoms with van der Waals surface area (Å²) >= 11 is 5.71. The maximum absolute atomic E-state index is 5.71. The highest BCUT2D eigenvalue weighted by Crippen LogP contribution is 2.38. The van der Waals surface area contributed by atoms with Gasteiger partial charge in [0.05, 0.1) is 28.4 Å². The zero-order valence-corrected chi connectivity index (χ0v) is 21.0. The van der Waals surface area contributed by atoms with E-state index in [1.54, 1.807) is 28.4 Å². The fraction of sp³-hybridized carbons (Fsp3) is 0.400. The van der Waals surface area contributed by atoms with E-state index in [1.807, 2.05) is 25.1 Å². The van der Waals surface area contributed by atoms with Gasteiger partial charge in [0.1, 0.15) is 5.75 Å². The summed E-state index contributed by atoms with van der Waals surface area (Å²) in [7, 11) is 6.53. The van der Waals surface area contributed by atoms with Gasteiger partial charge in [0.25, 0.3) is 0 Å². The SMILES string of the molecule is CCNC(=S)N(CCc1c(C)[nH]c2ccc(OC)cc12)Cc1cc(OC)c(OC)c(OC)c1. The van der Waals surface area contributed by atoms with Crippen LogP contribution in [-0.4, -0.2) is 56.5 Å². The third kappa shape index (κ3) is 5.45.